The standard InChI is InChI=1S/C10H16O/c1-4-10(7-8-11)6-5-9(2)3/h4-6,11H,2,7-8H2,1,3H3/b6-5-,10-4+. The molecule has 0 aromatic rings. The van der Waals surface area contributed by atoms with Crippen molar-refractivity contribution >= 4 is 0 Å². The van der Waals surface area contributed by atoms with Crippen LogP contribution in [0.25, 0.3) is 0 Å². The van der Waals surface area contributed by atoms with E-state index in [1.165, 1.54) is 0 Å². The highest BCUT2D eigenvalue weighted by atomic mass is 16.2. The fraction of sp³-hybridized carbons (Fsp3) is 0.400. The minimum Gasteiger partial charge on any atom is -0.396 e. The van der Waals surface area contributed by atoms with Crippen molar-refractivity contribution < 1.29 is 5.11 Å². The number of rotatable bonds is 4. The van der Waals surface area contributed by atoms with E-state index < -0.39 is 0 Å². The first kappa shape index (κ1) is 10.2. The molecular weight excluding hydrogens is 136 g/mol. The Morgan fingerprint density at radius 2 is 2.09 bits per heavy atom. The molecule has 0 spiro atoms. The normalized spacial score (nSPS) is 12.5. The molecule has 0 heterocycles. The highest BCUT2D eigenvalue weighted by Gasteiger charge is 1.87. The highest BCUT2D eigenvalue weighted by molar-refractivity contribution is 5.24. The third-order valence-corrected chi connectivity index (χ3v) is 1.35. The summed E-state index contributed by atoms with van der Waals surface area (Å²) in [7, 11) is 0. The minimum absolute atomic E-state index is 0.209. The molecule has 0 fully saturated rings. The molecule has 0 aromatic carbocycles. The maximum absolute atomic E-state index is 8.64. The van der Waals surface area contributed by atoms with E-state index in [4.69, 9.17) is 5.11 Å². The minimum atomic E-state index is 0.209. The number of hydrogen-bond acceptors (Lipinski definition) is 1. The Morgan fingerprint density at radius 3 is 2.45 bits per heavy atom. The smallest absolute Gasteiger partial charge is 0.0471 e. The Hall–Kier alpha value is -0.820. The molecule has 0 saturated heterocycles. The van der Waals surface area contributed by atoms with Gasteiger partial charge in [0.05, 0.1) is 0 Å². The number of allylic oxidation sites excluding steroid dienone is 4. The number of aliphatic hydroxyl groups excluding tert-OH is 1. The zero-order chi connectivity index (χ0) is 8.69. The van der Waals surface area contributed by atoms with E-state index in [0.717, 1.165) is 17.6 Å². The van der Waals surface area contributed by atoms with Gasteiger partial charge < -0.3 is 5.11 Å². The fourth-order valence-electron chi connectivity index (χ4n) is 0.702. The molecule has 0 atom stereocenters. The van der Waals surface area contributed by atoms with Gasteiger partial charge in [-0.2, -0.15) is 0 Å². The van der Waals surface area contributed by atoms with Gasteiger partial charge in [0, 0.05) is 6.61 Å². The molecule has 1 N–H and O–H groups in total. The van der Waals surface area contributed by atoms with Crippen LogP contribution in [0.3, 0.4) is 0 Å². The Morgan fingerprint density at radius 1 is 1.45 bits per heavy atom. The van der Waals surface area contributed by atoms with E-state index >= 15 is 0 Å². The molecule has 0 aromatic heterocycles. The molecule has 0 bridgehead atoms. The van der Waals surface area contributed by atoms with Gasteiger partial charge in [-0.05, 0) is 20.3 Å². The molecule has 11 heavy (non-hydrogen) atoms. The molecule has 0 aliphatic heterocycles. The molecule has 0 aliphatic rings. The van der Waals surface area contributed by atoms with Crippen molar-refractivity contribution in [1.29, 1.82) is 0 Å². The van der Waals surface area contributed by atoms with Gasteiger partial charge in [0.25, 0.3) is 0 Å². The van der Waals surface area contributed by atoms with Crippen molar-refractivity contribution in [2.75, 3.05) is 6.61 Å². The average Bonchev–Trinajstić information content (AvgIpc) is 1.97. The van der Waals surface area contributed by atoms with Crippen molar-refractivity contribution in [2.24, 2.45) is 0 Å². The molecule has 1 heteroatoms. The van der Waals surface area contributed by atoms with Crippen molar-refractivity contribution in [3.63, 3.8) is 0 Å². The third-order valence-electron chi connectivity index (χ3n) is 1.35. The predicted octanol–water partition coefficient (Wildman–Crippen LogP) is 2.45. The predicted molar refractivity (Wildman–Crippen MR) is 49.4 cm³/mol. The average molecular weight is 152 g/mol. The van der Waals surface area contributed by atoms with Crippen LogP contribution in [0.5, 0.6) is 0 Å². The molecular formula is C10H16O. The topological polar surface area (TPSA) is 20.2 Å². The summed E-state index contributed by atoms with van der Waals surface area (Å²) in [4.78, 5) is 0. The van der Waals surface area contributed by atoms with E-state index in [1.54, 1.807) is 0 Å². The van der Waals surface area contributed by atoms with Crippen LogP contribution in [0.2, 0.25) is 0 Å². The lowest BCUT2D eigenvalue weighted by Crippen LogP contribution is -1.84. The van der Waals surface area contributed by atoms with Gasteiger partial charge in [-0.25, -0.2) is 0 Å². The summed E-state index contributed by atoms with van der Waals surface area (Å²) >= 11 is 0. The van der Waals surface area contributed by atoms with Gasteiger partial charge in [0.1, 0.15) is 0 Å². The summed E-state index contributed by atoms with van der Waals surface area (Å²) in [6.45, 7) is 7.87. The summed E-state index contributed by atoms with van der Waals surface area (Å²) in [6.07, 6.45) is 6.65. The second kappa shape index (κ2) is 5.93. The van der Waals surface area contributed by atoms with Gasteiger partial charge >= 0.3 is 0 Å². The maximum Gasteiger partial charge on any atom is 0.0471 e. The van der Waals surface area contributed by atoms with Crippen molar-refractivity contribution in [3.8, 4) is 0 Å². The lowest BCUT2D eigenvalue weighted by Gasteiger charge is -1.96. The molecule has 0 radical (unpaired) electrons. The summed E-state index contributed by atoms with van der Waals surface area (Å²) in [5.74, 6) is 0. The maximum atomic E-state index is 8.64. The van der Waals surface area contributed by atoms with E-state index in [-0.39, 0.29) is 6.61 Å². The molecule has 0 unspecified atom stereocenters. The first-order valence-electron chi connectivity index (χ1n) is 3.80. The van der Waals surface area contributed by atoms with Gasteiger partial charge in [0.2, 0.25) is 0 Å². The summed E-state index contributed by atoms with van der Waals surface area (Å²) < 4.78 is 0. The van der Waals surface area contributed by atoms with Crippen molar-refractivity contribution in [2.45, 2.75) is 20.3 Å². The number of hydrogen-bond donors (Lipinski definition) is 1. The fourth-order valence-corrected chi connectivity index (χ4v) is 0.702. The van der Waals surface area contributed by atoms with Crippen LogP contribution >= 0.6 is 0 Å². The summed E-state index contributed by atoms with van der Waals surface area (Å²) in [5, 5.41) is 8.64. The molecule has 62 valence electrons. The summed E-state index contributed by atoms with van der Waals surface area (Å²) in [6, 6.07) is 0. The SMILES string of the molecule is C=C(C)/C=C\C(=C/C)CCO. The largest absolute Gasteiger partial charge is 0.396 e. The third kappa shape index (κ3) is 5.62. The first-order chi connectivity index (χ1) is 5.20. The monoisotopic (exact) mass is 152 g/mol. The Balaban J connectivity index is 3.98. The Labute approximate surface area is 68.7 Å². The lowest BCUT2D eigenvalue weighted by molar-refractivity contribution is 0.300. The van der Waals surface area contributed by atoms with Gasteiger partial charge in [0.15, 0.2) is 0 Å². The highest BCUT2D eigenvalue weighted by Crippen LogP contribution is 2.03. The van der Waals surface area contributed by atoms with E-state index in [9.17, 15) is 0 Å². The van der Waals surface area contributed by atoms with Gasteiger partial charge in [-0.3, -0.25) is 0 Å². The van der Waals surface area contributed by atoms with E-state index in [0.29, 0.717) is 0 Å². The van der Waals surface area contributed by atoms with Gasteiger partial charge in [-0.15, -0.1) is 0 Å². The summed E-state index contributed by atoms with van der Waals surface area (Å²) in [5.41, 5.74) is 2.18. The number of aliphatic hydroxyl groups is 1. The molecule has 0 amide bonds. The van der Waals surface area contributed by atoms with Crippen LogP contribution in [0.15, 0.2) is 36.0 Å². The molecule has 0 rings (SSSR count). The van der Waals surface area contributed by atoms with Crippen molar-refractivity contribution in [1.82, 2.24) is 0 Å². The molecule has 1 nitrogen and oxygen atoms in total. The molecule has 0 saturated carbocycles. The Bertz CT molecular complexity index is 175. The second-order valence-corrected chi connectivity index (χ2v) is 2.52. The van der Waals surface area contributed by atoms with Crippen LogP contribution in [-0.2, 0) is 0 Å². The van der Waals surface area contributed by atoms with E-state index in [2.05, 4.69) is 6.58 Å². The van der Waals surface area contributed by atoms with Crippen molar-refractivity contribution in [3.05, 3.63) is 36.0 Å². The molecule has 0 aliphatic carbocycles. The zero-order valence-electron chi connectivity index (χ0n) is 7.30. The van der Waals surface area contributed by atoms with Crippen LogP contribution in [0.4, 0.5) is 0 Å². The van der Waals surface area contributed by atoms with Crippen LogP contribution in [0.1, 0.15) is 20.3 Å². The van der Waals surface area contributed by atoms with Crippen LogP contribution in [-0.4, -0.2) is 11.7 Å². The quantitative estimate of drug-likeness (QED) is 0.613. The Kier molecular flexibility index (Phi) is 5.49. The zero-order valence-corrected chi connectivity index (χ0v) is 7.30. The lowest BCUT2D eigenvalue weighted by atomic mass is 10.1. The van der Waals surface area contributed by atoms with Gasteiger partial charge in [-0.1, -0.05) is 36.0 Å². The second-order valence-electron chi connectivity index (χ2n) is 2.52. The first-order valence-corrected chi connectivity index (χ1v) is 3.80. The van der Waals surface area contributed by atoms with Crippen LogP contribution in [0, 0.1) is 0 Å². The van der Waals surface area contributed by atoms with E-state index in [1.807, 2.05) is 32.1 Å². The van der Waals surface area contributed by atoms with Crippen LogP contribution < -0.4 is 0 Å².